The molecule has 4 N–H and O–H groups in total. The molecule has 262 valence electrons. The van der Waals surface area contributed by atoms with Gasteiger partial charge in [0, 0.05) is 5.56 Å². The molecule has 0 fully saturated rings. The first kappa shape index (κ1) is 38.2. The first-order chi connectivity index (χ1) is 21.5. The van der Waals surface area contributed by atoms with E-state index in [1.165, 1.54) is 44.9 Å². The van der Waals surface area contributed by atoms with Gasteiger partial charge < -0.3 is 33.8 Å². The van der Waals surface area contributed by atoms with E-state index in [0.717, 1.165) is 48.0 Å². The van der Waals surface area contributed by atoms with Crippen molar-refractivity contribution in [3.63, 3.8) is 0 Å². The number of cyclic esters (lactones) is 1. The zero-order valence-electron chi connectivity index (χ0n) is 29.1. The third-order valence-electron chi connectivity index (χ3n) is 9.71. The Bertz CT molecular complexity index is 1290. The molecule has 11 heteroatoms. The van der Waals surface area contributed by atoms with Crippen molar-refractivity contribution in [2.75, 3.05) is 6.61 Å². The van der Waals surface area contributed by atoms with Crippen molar-refractivity contribution in [2.24, 2.45) is 17.8 Å². The van der Waals surface area contributed by atoms with Crippen molar-refractivity contribution in [3.05, 3.63) is 33.8 Å². The Kier molecular flexibility index (Phi) is 13.5. The van der Waals surface area contributed by atoms with E-state index < -0.39 is 44.1 Å². The van der Waals surface area contributed by atoms with Crippen molar-refractivity contribution in [1.82, 2.24) is 0 Å². The Morgan fingerprint density at radius 3 is 2.11 bits per heavy atom. The van der Waals surface area contributed by atoms with E-state index in [1.807, 2.05) is 6.92 Å². The molecule has 2 aliphatic rings. The van der Waals surface area contributed by atoms with Crippen molar-refractivity contribution < 1.29 is 48.1 Å². The van der Waals surface area contributed by atoms with E-state index in [9.17, 15) is 24.5 Å². The molecule has 1 unspecified atom stereocenters. The summed E-state index contributed by atoms with van der Waals surface area (Å²) in [7, 11) is -4.99. The Morgan fingerprint density at radius 2 is 1.52 bits per heavy atom. The number of hydrogen-bond donors (Lipinski definition) is 4. The van der Waals surface area contributed by atoms with Crippen molar-refractivity contribution >= 4 is 13.8 Å². The van der Waals surface area contributed by atoms with Crippen molar-refractivity contribution in [3.8, 4) is 11.5 Å². The highest BCUT2D eigenvalue weighted by Gasteiger charge is 2.44. The lowest BCUT2D eigenvalue weighted by atomic mass is 9.84. The third kappa shape index (κ3) is 9.88. The Hall–Kier alpha value is -2.26. The molecule has 0 radical (unpaired) electrons. The fourth-order valence-corrected chi connectivity index (χ4v) is 7.49. The zero-order chi connectivity index (χ0) is 34.4. The van der Waals surface area contributed by atoms with Gasteiger partial charge in [-0.05, 0) is 87.8 Å². The van der Waals surface area contributed by atoms with Crippen molar-refractivity contribution in [2.45, 2.75) is 144 Å². The predicted octanol–water partition coefficient (Wildman–Crippen LogP) is 7.68. The summed E-state index contributed by atoms with van der Waals surface area (Å²) in [6.07, 6.45) is 9.29. The van der Waals surface area contributed by atoms with Crippen LogP contribution in [0.2, 0.25) is 0 Å². The monoisotopic (exact) mass is 668 g/mol. The smallest absolute Gasteiger partial charge is 0.505 e. The van der Waals surface area contributed by atoms with E-state index in [0.29, 0.717) is 23.5 Å². The highest BCUT2D eigenvalue weighted by Crippen LogP contribution is 2.52. The molecular weight excluding hydrogens is 611 g/mol. The lowest BCUT2D eigenvalue weighted by molar-refractivity contribution is -0.147. The first-order valence-electron chi connectivity index (χ1n) is 16.9. The Morgan fingerprint density at radius 1 is 0.935 bits per heavy atom. The van der Waals surface area contributed by atoms with Gasteiger partial charge >= 0.3 is 13.8 Å². The number of fused-ring (bicyclic) bond motifs is 1. The van der Waals surface area contributed by atoms with Gasteiger partial charge in [-0.25, -0.2) is 9.36 Å². The van der Waals surface area contributed by atoms with Crippen LogP contribution in [0, 0.1) is 38.5 Å². The standard InChI is InChI=1S/C35H57O10P/c1-21(2)12-9-13-22(3)14-10-15-23(4)16-11-18-35(8)19-17-27-26(7)30(24(5)25(6)31(27)43-35)44-46(40,41)45-33-29(38)32(28(37)20-36)42-34(33)39/h21-23,28,32,36-38H,9-20H2,1-8H3,(H,40,41)/t22-,23-,28+,32-,35-/m1/s1. The molecule has 3 rings (SSSR count). The molecule has 0 aromatic heterocycles. The zero-order valence-corrected chi connectivity index (χ0v) is 30.0. The normalized spacial score (nSPS) is 23.0. The van der Waals surface area contributed by atoms with Gasteiger partial charge in [0.15, 0.2) is 11.9 Å². The predicted molar refractivity (Wildman–Crippen MR) is 177 cm³/mol. The fraction of sp³-hybridized carbons (Fsp3) is 0.743. The number of phosphoric ester groups is 1. The van der Waals surface area contributed by atoms with Crippen LogP contribution in [-0.4, -0.2) is 50.6 Å². The van der Waals surface area contributed by atoms with Crippen LogP contribution in [0.1, 0.15) is 121 Å². The minimum atomic E-state index is -4.99. The first-order valence-corrected chi connectivity index (χ1v) is 18.4. The lowest BCUT2D eigenvalue weighted by Crippen LogP contribution is -2.37. The van der Waals surface area contributed by atoms with Crippen LogP contribution in [0.3, 0.4) is 0 Å². The Balaban J connectivity index is 1.59. The molecule has 1 aromatic rings. The highest BCUT2D eigenvalue weighted by atomic mass is 31.2. The summed E-state index contributed by atoms with van der Waals surface area (Å²) in [5.41, 5.74) is 2.57. The SMILES string of the molecule is Cc1c(C)c2c(c(C)c1OP(=O)(O)OC1=C(O)[C@@H]([C@@H](O)CO)OC1=O)CC[C@@](C)(CCC[C@H](C)CCC[C@H](C)CCCC(C)C)O2. The van der Waals surface area contributed by atoms with Crippen LogP contribution < -0.4 is 9.26 Å². The van der Waals surface area contributed by atoms with Crippen LogP contribution in [0.25, 0.3) is 0 Å². The number of aliphatic hydroxyl groups is 3. The van der Waals surface area contributed by atoms with Gasteiger partial charge in [-0.1, -0.05) is 72.6 Å². The van der Waals surface area contributed by atoms with Crippen molar-refractivity contribution in [1.29, 1.82) is 0 Å². The summed E-state index contributed by atoms with van der Waals surface area (Å²) in [5, 5.41) is 29.1. The molecule has 0 amide bonds. The van der Waals surface area contributed by atoms with Gasteiger partial charge in [0.1, 0.15) is 23.2 Å². The van der Waals surface area contributed by atoms with E-state index in [1.54, 1.807) is 13.8 Å². The molecule has 2 aliphatic heterocycles. The number of esters is 1. The third-order valence-corrected chi connectivity index (χ3v) is 10.5. The number of rotatable bonds is 18. The maximum absolute atomic E-state index is 13.0. The minimum absolute atomic E-state index is 0.135. The van der Waals surface area contributed by atoms with E-state index in [4.69, 9.17) is 23.6 Å². The minimum Gasteiger partial charge on any atom is -0.505 e. The number of carbonyl (C=O) groups is 1. The molecule has 6 atom stereocenters. The number of benzene rings is 1. The van der Waals surface area contributed by atoms with Gasteiger partial charge in [-0.2, -0.15) is 0 Å². The van der Waals surface area contributed by atoms with Gasteiger partial charge in [0.2, 0.25) is 0 Å². The second kappa shape index (κ2) is 16.2. The second-order valence-corrected chi connectivity index (χ2v) is 15.7. The number of aliphatic hydroxyl groups excluding tert-OH is 3. The molecule has 10 nitrogen and oxygen atoms in total. The van der Waals surface area contributed by atoms with Crippen LogP contribution in [0.4, 0.5) is 0 Å². The molecule has 0 spiro atoms. The van der Waals surface area contributed by atoms with Gasteiger partial charge in [0.25, 0.3) is 5.76 Å². The molecule has 46 heavy (non-hydrogen) atoms. The second-order valence-electron chi connectivity index (χ2n) is 14.4. The molecule has 0 saturated carbocycles. The molecule has 0 saturated heterocycles. The molecule has 0 bridgehead atoms. The summed E-state index contributed by atoms with van der Waals surface area (Å²) >= 11 is 0. The summed E-state index contributed by atoms with van der Waals surface area (Å²) in [6.45, 7) is 16.1. The van der Waals surface area contributed by atoms with Crippen LogP contribution in [0.5, 0.6) is 11.5 Å². The average molecular weight is 669 g/mol. The quantitative estimate of drug-likeness (QED) is 0.0905. The summed E-state index contributed by atoms with van der Waals surface area (Å²) in [5.74, 6) is 0.0670. The summed E-state index contributed by atoms with van der Waals surface area (Å²) in [4.78, 5) is 22.7. The largest absolute Gasteiger partial charge is 0.585 e. The number of carbonyl (C=O) groups excluding carboxylic acids is 1. The van der Waals surface area contributed by atoms with E-state index in [-0.39, 0.29) is 11.4 Å². The van der Waals surface area contributed by atoms with Crippen LogP contribution in [-0.2, 0) is 25.0 Å². The number of phosphoric acid groups is 1. The Labute approximate surface area is 275 Å². The topological polar surface area (TPSA) is 152 Å². The van der Waals surface area contributed by atoms with Gasteiger partial charge in [0.05, 0.1) is 6.61 Å². The highest BCUT2D eigenvalue weighted by molar-refractivity contribution is 7.48. The van der Waals surface area contributed by atoms with Gasteiger partial charge in [-0.3, -0.25) is 4.89 Å². The molecular formula is C35H57O10P. The van der Waals surface area contributed by atoms with Crippen LogP contribution in [0.15, 0.2) is 11.5 Å². The molecule has 2 heterocycles. The maximum atomic E-state index is 13.0. The van der Waals surface area contributed by atoms with Gasteiger partial charge in [-0.15, -0.1) is 0 Å². The maximum Gasteiger partial charge on any atom is 0.585 e. The molecule has 0 aliphatic carbocycles. The van der Waals surface area contributed by atoms with E-state index in [2.05, 4.69) is 34.6 Å². The number of hydrogen-bond acceptors (Lipinski definition) is 9. The number of ether oxygens (including phenoxy) is 2. The summed E-state index contributed by atoms with van der Waals surface area (Å²) < 4.78 is 34.9. The summed E-state index contributed by atoms with van der Waals surface area (Å²) in [6, 6.07) is 0. The lowest BCUT2D eigenvalue weighted by Gasteiger charge is -2.38. The average Bonchev–Trinajstić information content (AvgIpc) is 3.25. The van der Waals surface area contributed by atoms with E-state index >= 15 is 0 Å². The van der Waals surface area contributed by atoms with Crippen LogP contribution >= 0.6 is 7.82 Å². The molecule has 1 aromatic carbocycles. The fourth-order valence-electron chi connectivity index (χ4n) is 6.55.